The van der Waals surface area contributed by atoms with Crippen LogP contribution >= 0.6 is 0 Å². The summed E-state index contributed by atoms with van der Waals surface area (Å²) >= 11 is 0. The average molecular weight is 705 g/mol. The van der Waals surface area contributed by atoms with Crippen molar-refractivity contribution in [2.45, 2.75) is 18.9 Å². The first-order valence-electron chi connectivity index (χ1n) is 16.5. The lowest BCUT2D eigenvalue weighted by Gasteiger charge is -2.27. The Morgan fingerprint density at radius 1 is 0.640 bits per heavy atom. The molecule has 0 bridgehead atoms. The minimum atomic E-state index is -1.02. The third-order valence-electron chi connectivity index (χ3n) is 7.62. The van der Waals surface area contributed by atoms with Crippen LogP contribution < -0.4 is 10.6 Å². The number of amides is 6. The summed E-state index contributed by atoms with van der Waals surface area (Å²) in [5, 5.41) is 5.31. The van der Waals surface area contributed by atoms with E-state index in [0.29, 0.717) is 98.1 Å². The van der Waals surface area contributed by atoms with E-state index in [9.17, 15) is 28.8 Å². The molecular weight excluding hydrogens is 660 g/mol. The van der Waals surface area contributed by atoms with Crippen molar-refractivity contribution in [1.29, 1.82) is 0 Å². The number of nitrogens with one attached hydrogen (secondary N) is 2. The molecule has 1 unspecified atom stereocenters. The van der Waals surface area contributed by atoms with Gasteiger partial charge in [-0.1, -0.05) is 6.07 Å². The number of anilines is 1. The van der Waals surface area contributed by atoms with Crippen LogP contribution in [0.2, 0.25) is 0 Å². The summed E-state index contributed by atoms with van der Waals surface area (Å²) in [5.41, 5.74) is 0.886. The van der Waals surface area contributed by atoms with Gasteiger partial charge < -0.3 is 38.5 Å². The smallest absolute Gasteiger partial charge is 0.264 e. The van der Waals surface area contributed by atoms with Crippen LogP contribution in [0.25, 0.3) is 0 Å². The van der Waals surface area contributed by atoms with E-state index in [1.54, 1.807) is 18.2 Å². The van der Waals surface area contributed by atoms with Gasteiger partial charge in [0.2, 0.25) is 11.8 Å². The molecule has 0 spiro atoms. The molecule has 1 aromatic carbocycles. The first kappa shape index (κ1) is 38.7. The van der Waals surface area contributed by atoms with E-state index in [-0.39, 0.29) is 48.9 Å². The molecule has 17 nitrogen and oxygen atoms in total. The second-order valence-corrected chi connectivity index (χ2v) is 11.1. The zero-order valence-corrected chi connectivity index (χ0v) is 27.9. The van der Waals surface area contributed by atoms with Gasteiger partial charge in [-0.15, -0.1) is 0 Å². The number of piperidine rings is 1. The van der Waals surface area contributed by atoms with Crippen molar-refractivity contribution < 1.29 is 61.9 Å². The van der Waals surface area contributed by atoms with Crippen LogP contribution in [-0.4, -0.2) is 157 Å². The third kappa shape index (κ3) is 11.8. The summed E-state index contributed by atoms with van der Waals surface area (Å²) in [4.78, 5) is 74.7. The molecule has 1 aromatic rings. The van der Waals surface area contributed by atoms with Crippen molar-refractivity contribution in [2.75, 3.05) is 111 Å². The highest BCUT2D eigenvalue weighted by Gasteiger charge is 2.45. The first-order chi connectivity index (χ1) is 24.4. The van der Waals surface area contributed by atoms with Crippen LogP contribution in [0.3, 0.4) is 0 Å². The lowest BCUT2D eigenvalue weighted by atomic mass is 10.0. The topological polar surface area (TPSA) is 198 Å². The van der Waals surface area contributed by atoms with Crippen LogP contribution in [0, 0.1) is 0 Å². The van der Waals surface area contributed by atoms with Crippen LogP contribution in [0.15, 0.2) is 30.4 Å². The maximum Gasteiger partial charge on any atom is 0.264 e. The SMILES string of the molecule is O=C1CCC(N2C(=O)c3cccc(NCCOCCOCCOCCOCCOCCOCCOCCN4C(=O)C=CC4=O)c3C2=O)C(=O)N1. The van der Waals surface area contributed by atoms with Crippen LogP contribution in [0.1, 0.15) is 33.6 Å². The van der Waals surface area contributed by atoms with Crippen LogP contribution in [-0.2, 0) is 52.3 Å². The maximum absolute atomic E-state index is 13.1. The zero-order chi connectivity index (χ0) is 35.6. The fourth-order valence-corrected chi connectivity index (χ4v) is 5.15. The number of rotatable bonds is 26. The number of hydrogen-bond donors (Lipinski definition) is 2. The van der Waals surface area contributed by atoms with Crippen molar-refractivity contribution in [3.8, 4) is 0 Å². The quantitative estimate of drug-likeness (QED) is 0.0928. The van der Waals surface area contributed by atoms with Gasteiger partial charge in [0.15, 0.2) is 0 Å². The van der Waals surface area contributed by atoms with Crippen LogP contribution in [0.5, 0.6) is 0 Å². The minimum Gasteiger partial charge on any atom is -0.382 e. The lowest BCUT2D eigenvalue weighted by molar-refractivity contribution is -0.138. The molecule has 1 fully saturated rings. The molecule has 0 aromatic heterocycles. The summed E-state index contributed by atoms with van der Waals surface area (Å²) in [7, 11) is 0. The zero-order valence-electron chi connectivity index (χ0n) is 27.9. The molecule has 6 amide bonds. The molecule has 0 radical (unpaired) electrons. The van der Waals surface area contributed by atoms with Crippen molar-refractivity contribution >= 4 is 41.1 Å². The Balaban J connectivity index is 0.896. The molecule has 3 heterocycles. The van der Waals surface area contributed by atoms with E-state index in [1.807, 2.05) is 0 Å². The molecule has 2 N–H and O–H groups in total. The number of nitrogens with zero attached hydrogens (tertiary/aromatic N) is 2. The Kier molecular flexibility index (Phi) is 16.4. The molecule has 1 atom stereocenters. The second kappa shape index (κ2) is 21.2. The molecule has 17 heteroatoms. The molecule has 0 saturated carbocycles. The Morgan fingerprint density at radius 3 is 1.66 bits per heavy atom. The summed E-state index contributed by atoms with van der Waals surface area (Å²) in [6.45, 7) is 6.03. The third-order valence-corrected chi connectivity index (χ3v) is 7.62. The van der Waals surface area contributed by atoms with Gasteiger partial charge in [0.1, 0.15) is 6.04 Å². The molecule has 50 heavy (non-hydrogen) atoms. The van der Waals surface area contributed by atoms with Crippen molar-refractivity contribution in [1.82, 2.24) is 15.1 Å². The van der Waals surface area contributed by atoms with Gasteiger partial charge in [-0.2, -0.15) is 0 Å². The monoisotopic (exact) mass is 704 g/mol. The van der Waals surface area contributed by atoms with Crippen molar-refractivity contribution in [3.05, 3.63) is 41.5 Å². The number of carbonyl (C=O) groups excluding carboxylic acids is 6. The number of ether oxygens (including phenoxy) is 7. The molecule has 3 aliphatic rings. The van der Waals surface area contributed by atoms with Gasteiger partial charge in [0.25, 0.3) is 23.6 Å². The van der Waals surface area contributed by atoms with Crippen LogP contribution in [0.4, 0.5) is 5.69 Å². The fourth-order valence-electron chi connectivity index (χ4n) is 5.15. The Hall–Kier alpha value is -4.10. The summed E-state index contributed by atoms with van der Waals surface area (Å²) < 4.78 is 38.2. The Bertz CT molecular complexity index is 1350. The summed E-state index contributed by atoms with van der Waals surface area (Å²) in [6, 6.07) is 3.88. The van der Waals surface area contributed by atoms with E-state index in [2.05, 4.69) is 10.6 Å². The molecule has 4 rings (SSSR count). The number of benzene rings is 1. The summed E-state index contributed by atoms with van der Waals surface area (Å²) in [5.74, 6) is -2.83. The normalized spacial score (nSPS) is 17.3. The Morgan fingerprint density at radius 2 is 1.14 bits per heavy atom. The minimum absolute atomic E-state index is 0.0610. The Labute approximate surface area is 289 Å². The first-order valence-corrected chi connectivity index (χ1v) is 16.5. The van der Waals surface area contributed by atoms with E-state index in [4.69, 9.17) is 33.2 Å². The highest BCUT2D eigenvalue weighted by Crippen LogP contribution is 2.32. The van der Waals surface area contributed by atoms with E-state index in [0.717, 1.165) is 9.80 Å². The number of carbonyl (C=O) groups is 6. The highest BCUT2D eigenvalue weighted by atomic mass is 16.6. The predicted octanol–water partition coefficient (Wildman–Crippen LogP) is -0.459. The molecule has 3 aliphatic heterocycles. The predicted molar refractivity (Wildman–Crippen MR) is 173 cm³/mol. The maximum atomic E-state index is 13.1. The van der Waals surface area contributed by atoms with Gasteiger partial charge >= 0.3 is 0 Å². The second-order valence-electron chi connectivity index (χ2n) is 11.1. The van der Waals surface area contributed by atoms with Gasteiger partial charge in [-0.25, -0.2) is 0 Å². The molecule has 274 valence electrons. The number of hydrogen-bond acceptors (Lipinski definition) is 14. The average Bonchev–Trinajstić information content (AvgIpc) is 3.56. The molecular formula is C33H44N4O13. The number of fused-ring (bicyclic) bond motifs is 1. The van der Waals surface area contributed by atoms with Gasteiger partial charge in [-0.05, 0) is 18.6 Å². The largest absolute Gasteiger partial charge is 0.382 e. The summed E-state index contributed by atoms with van der Waals surface area (Å²) in [6.07, 6.45) is 2.65. The molecule has 0 aliphatic carbocycles. The van der Waals surface area contributed by atoms with Crippen molar-refractivity contribution in [3.63, 3.8) is 0 Å². The van der Waals surface area contributed by atoms with E-state index >= 15 is 0 Å². The molecule has 1 saturated heterocycles. The van der Waals surface area contributed by atoms with Gasteiger partial charge in [0.05, 0.1) is 110 Å². The van der Waals surface area contributed by atoms with E-state index < -0.39 is 29.7 Å². The number of imide groups is 3. The standard InChI is InChI=1S/C33H44N4O13/c38-27-5-4-26(31(41)35-27)37-32(42)24-2-1-3-25(30(24)33(37)43)34-8-10-44-12-14-46-16-18-48-20-22-50-23-21-49-19-17-47-15-13-45-11-9-36-28(39)6-7-29(36)40/h1-3,6-7,26,34H,4-5,8-23H2,(H,35,38,41). The van der Waals surface area contributed by atoms with Gasteiger partial charge in [-0.3, -0.25) is 43.9 Å². The van der Waals surface area contributed by atoms with Crippen molar-refractivity contribution in [2.24, 2.45) is 0 Å². The lowest BCUT2D eigenvalue weighted by Crippen LogP contribution is -2.54. The van der Waals surface area contributed by atoms with Gasteiger partial charge in [0, 0.05) is 30.8 Å². The van der Waals surface area contributed by atoms with E-state index in [1.165, 1.54) is 12.2 Å². The highest BCUT2D eigenvalue weighted by molar-refractivity contribution is 6.25. The fraction of sp³-hybridized carbons (Fsp3) is 0.576.